The van der Waals surface area contributed by atoms with E-state index in [-0.39, 0.29) is 16.2 Å². The largest absolute Gasteiger partial charge is 0.495 e. The molecule has 0 aliphatic rings. The number of anilines is 1. The molecular formula is C19H17Cl2N3O4S2. The van der Waals surface area contributed by atoms with E-state index in [1.54, 1.807) is 12.3 Å². The molecule has 0 spiro atoms. The molecule has 0 unspecified atom stereocenters. The summed E-state index contributed by atoms with van der Waals surface area (Å²) >= 11 is 13.5. The molecule has 0 saturated carbocycles. The number of carbonyl (C=O) groups is 1. The van der Waals surface area contributed by atoms with E-state index in [2.05, 4.69) is 15.0 Å². The van der Waals surface area contributed by atoms with Crippen molar-refractivity contribution in [2.24, 2.45) is 0 Å². The number of carbonyl (C=O) groups excluding carboxylic acids is 1. The van der Waals surface area contributed by atoms with Gasteiger partial charge in [-0.1, -0.05) is 35.3 Å². The standard InChI is InChI=1S/C19H17Cl2N3O4S2/c1-22-30(26,27)16-9-12(6-7-15(16)28-2)18(25)24-19-23-10-13(29-19)8-11-4-3-5-14(20)17(11)21/h3-7,9-10,22H,8H2,1-2H3,(H,23,24,25). The molecule has 11 heteroatoms. The second-order valence-electron chi connectivity index (χ2n) is 6.05. The van der Waals surface area contributed by atoms with Crippen molar-refractivity contribution in [1.29, 1.82) is 0 Å². The van der Waals surface area contributed by atoms with Gasteiger partial charge >= 0.3 is 0 Å². The van der Waals surface area contributed by atoms with E-state index in [4.69, 9.17) is 27.9 Å². The summed E-state index contributed by atoms with van der Waals surface area (Å²) in [6, 6.07) is 9.54. The van der Waals surface area contributed by atoms with Crippen molar-refractivity contribution < 1.29 is 17.9 Å². The fourth-order valence-electron chi connectivity index (χ4n) is 2.63. The second kappa shape index (κ2) is 9.32. The van der Waals surface area contributed by atoms with E-state index in [0.717, 1.165) is 10.4 Å². The number of aromatic nitrogens is 1. The Bertz CT molecular complexity index is 1200. The van der Waals surface area contributed by atoms with Crippen LogP contribution in [0.4, 0.5) is 5.13 Å². The van der Waals surface area contributed by atoms with Gasteiger partial charge in [-0.2, -0.15) is 0 Å². The van der Waals surface area contributed by atoms with E-state index in [1.807, 2.05) is 12.1 Å². The minimum Gasteiger partial charge on any atom is -0.495 e. The number of sulfonamides is 1. The van der Waals surface area contributed by atoms with Crippen LogP contribution in [0, 0.1) is 0 Å². The lowest BCUT2D eigenvalue weighted by Gasteiger charge is -2.10. The van der Waals surface area contributed by atoms with Gasteiger partial charge in [0.15, 0.2) is 5.13 Å². The second-order valence-corrected chi connectivity index (χ2v) is 9.80. The van der Waals surface area contributed by atoms with Gasteiger partial charge in [0.25, 0.3) is 5.91 Å². The number of thiazole rings is 1. The highest BCUT2D eigenvalue weighted by Gasteiger charge is 2.20. The summed E-state index contributed by atoms with van der Waals surface area (Å²) in [4.78, 5) is 17.6. The first-order chi connectivity index (χ1) is 14.2. The Morgan fingerprint density at radius 3 is 2.70 bits per heavy atom. The number of hydrogen-bond acceptors (Lipinski definition) is 6. The van der Waals surface area contributed by atoms with Crippen LogP contribution in [0.15, 0.2) is 47.5 Å². The summed E-state index contributed by atoms with van der Waals surface area (Å²) in [5.41, 5.74) is 1.00. The van der Waals surface area contributed by atoms with E-state index in [0.29, 0.717) is 21.6 Å². The zero-order valence-corrected chi connectivity index (χ0v) is 19.0. The first-order valence-corrected chi connectivity index (χ1v) is 11.6. The number of ether oxygens (including phenoxy) is 1. The monoisotopic (exact) mass is 485 g/mol. The molecule has 7 nitrogen and oxygen atoms in total. The van der Waals surface area contributed by atoms with Crippen LogP contribution in [0.5, 0.6) is 5.75 Å². The minimum absolute atomic E-state index is 0.129. The van der Waals surface area contributed by atoms with Crippen LogP contribution < -0.4 is 14.8 Å². The van der Waals surface area contributed by atoms with Gasteiger partial charge < -0.3 is 4.74 Å². The number of halogens is 2. The summed E-state index contributed by atoms with van der Waals surface area (Å²) in [6.45, 7) is 0. The molecule has 0 radical (unpaired) electrons. The van der Waals surface area contributed by atoms with Crippen molar-refractivity contribution in [1.82, 2.24) is 9.71 Å². The molecule has 30 heavy (non-hydrogen) atoms. The summed E-state index contributed by atoms with van der Waals surface area (Å²) in [6.07, 6.45) is 2.16. The van der Waals surface area contributed by atoms with Crippen LogP contribution in [0.2, 0.25) is 10.0 Å². The molecule has 3 rings (SSSR count). The fourth-order valence-corrected chi connectivity index (χ4v) is 4.76. The van der Waals surface area contributed by atoms with Crippen LogP contribution in [0.25, 0.3) is 0 Å². The van der Waals surface area contributed by atoms with Crippen molar-refractivity contribution in [3.05, 3.63) is 68.6 Å². The van der Waals surface area contributed by atoms with Crippen molar-refractivity contribution in [3.8, 4) is 5.75 Å². The summed E-state index contributed by atoms with van der Waals surface area (Å²) in [7, 11) is -1.16. The molecule has 158 valence electrons. The van der Waals surface area contributed by atoms with Crippen LogP contribution in [-0.4, -0.2) is 33.5 Å². The maximum Gasteiger partial charge on any atom is 0.257 e. The van der Waals surface area contributed by atoms with Gasteiger partial charge in [-0.25, -0.2) is 18.1 Å². The number of benzene rings is 2. The van der Waals surface area contributed by atoms with Gasteiger partial charge in [-0.15, -0.1) is 11.3 Å². The Labute approximate surface area is 188 Å². The van der Waals surface area contributed by atoms with E-state index < -0.39 is 15.9 Å². The van der Waals surface area contributed by atoms with Crippen molar-refractivity contribution in [2.75, 3.05) is 19.5 Å². The van der Waals surface area contributed by atoms with Crippen LogP contribution >= 0.6 is 34.5 Å². The highest BCUT2D eigenvalue weighted by Crippen LogP contribution is 2.30. The van der Waals surface area contributed by atoms with Gasteiger partial charge in [-0.05, 0) is 36.9 Å². The smallest absolute Gasteiger partial charge is 0.257 e. The average molecular weight is 486 g/mol. The Balaban J connectivity index is 1.79. The van der Waals surface area contributed by atoms with Crippen molar-refractivity contribution in [2.45, 2.75) is 11.3 Å². The van der Waals surface area contributed by atoms with Gasteiger partial charge in [0, 0.05) is 23.1 Å². The average Bonchev–Trinajstić information content (AvgIpc) is 3.17. The van der Waals surface area contributed by atoms with Gasteiger partial charge in [-0.3, -0.25) is 10.1 Å². The van der Waals surface area contributed by atoms with Crippen LogP contribution in [-0.2, 0) is 16.4 Å². The number of rotatable bonds is 7. The number of hydrogen-bond donors (Lipinski definition) is 2. The molecule has 1 amide bonds. The fraction of sp³-hybridized carbons (Fsp3) is 0.158. The number of methoxy groups -OCH3 is 1. The summed E-state index contributed by atoms with van der Waals surface area (Å²) in [5.74, 6) is -0.359. The van der Waals surface area contributed by atoms with Gasteiger partial charge in [0.2, 0.25) is 10.0 Å². The maximum atomic E-state index is 12.6. The molecule has 3 aromatic rings. The third-order valence-corrected chi connectivity index (χ3v) is 7.36. The topological polar surface area (TPSA) is 97.4 Å². The SMILES string of the molecule is CNS(=O)(=O)c1cc(C(=O)Nc2ncc(Cc3cccc(Cl)c3Cl)s2)ccc1OC. The molecule has 0 aliphatic carbocycles. The third kappa shape index (κ3) is 4.93. The molecule has 0 atom stereocenters. The molecule has 2 aromatic carbocycles. The third-order valence-electron chi connectivity index (χ3n) is 4.15. The Kier molecular flexibility index (Phi) is 6.99. The lowest BCUT2D eigenvalue weighted by molar-refractivity contribution is 0.102. The number of nitrogens with one attached hydrogen (secondary N) is 2. The minimum atomic E-state index is -3.80. The Morgan fingerprint density at radius 2 is 2.00 bits per heavy atom. The molecule has 2 N–H and O–H groups in total. The molecule has 0 saturated heterocycles. The van der Waals surface area contributed by atoms with Gasteiger partial charge in [0.1, 0.15) is 10.6 Å². The molecule has 0 bridgehead atoms. The van der Waals surface area contributed by atoms with E-state index >= 15 is 0 Å². The first kappa shape index (κ1) is 22.5. The van der Waals surface area contributed by atoms with Crippen LogP contribution in [0.3, 0.4) is 0 Å². The van der Waals surface area contributed by atoms with Gasteiger partial charge in [0.05, 0.1) is 17.2 Å². The molecule has 0 fully saturated rings. The zero-order valence-electron chi connectivity index (χ0n) is 15.9. The Morgan fingerprint density at radius 1 is 1.23 bits per heavy atom. The predicted octanol–water partition coefficient (Wildman–Crippen LogP) is 4.21. The maximum absolute atomic E-state index is 12.6. The predicted molar refractivity (Wildman–Crippen MR) is 119 cm³/mol. The van der Waals surface area contributed by atoms with Crippen molar-refractivity contribution >= 4 is 55.6 Å². The van der Waals surface area contributed by atoms with Crippen LogP contribution in [0.1, 0.15) is 20.8 Å². The quantitative estimate of drug-likeness (QED) is 0.522. The Hall–Kier alpha value is -2.17. The number of amides is 1. The lowest BCUT2D eigenvalue weighted by Crippen LogP contribution is -2.20. The highest BCUT2D eigenvalue weighted by molar-refractivity contribution is 7.89. The lowest BCUT2D eigenvalue weighted by atomic mass is 10.1. The molecule has 0 aliphatic heterocycles. The number of nitrogens with zero attached hydrogens (tertiary/aromatic N) is 1. The normalized spacial score (nSPS) is 11.3. The highest BCUT2D eigenvalue weighted by atomic mass is 35.5. The molecule has 1 aromatic heterocycles. The van der Waals surface area contributed by atoms with Crippen molar-refractivity contribution in [3.63, 3.8) is 0 Å². The molecule has 1 heterocycles. The first-order valence-electron chi connectivity index (χ1n) is 8.55. The van der Waals surface area contributed by atoms with E-state index in [9.17, 15) is 13.2 Å². The van der Waals surface area contributed by atoms with E-state index in [1.165, 1.54) is 43.7 Å². The summed E-state index contributed by atoms with van der Waals surface area (Å²) in [5, 5.41) is 4.01. The zero-order chi connectivity index (χ0) is 21.9. The summed E-state index contributed by atoms with van der Waals surface area (Å²) < 4.78 is 31.7. The molecular weight excluding hydrogens is 469 g/mol.